The maximum Gasteiger partial charge on any atom is 0.192 e. The summed E-state index contributed by atoms with van der Waals surface area (Å²) in [5.41, 5.74) is 7.98. The Morgan fingerprint density at radius 2 is 1.82 bits per heavy atom. The van der Waals surface area contributed by atoms with Crippen LogP contribution in [0.2, 0.25) is 0 Å². The van der Waals surface area contributed by atoms with Crippen molar-refractivity contribution >= 4 is 16.8 Å². The average Bonchev–Trinajstić information content (AvgIpc) is 2.86. The van der Waals surface area contributed by atoms with Crippen LogP contribution in [0, 0.1) is 6.92 Å². The molecule has 5 heteroatoms. The van der Waals surface area contributed by atoms with E-state index >= 15 is 0 Å². The van der Waals surface area contributed by atoms with E-state index in [0.29, 0.717) is 24.8 Å². The molecule has 0 atom stereocenters. The molecule has 1 heterocycles. The normalized spacial score (nSPS) is 10.8. The van der Waals surface area contributed by atoms with E-state index in [1.807, 2.05) is 49.4 Å². The van der Waals surface area contributed by atoms with E-state index in [0.717, 1.165) is 29.0 Å². The van der Waals surface area contributed by atoms with E-state index < -0.39 is 0 Å². The van der Waals surface area contributed by atoms with Gasteiger partial charge in [-0.1, -0.05) is 6.07 Å². The number of nitrogens with two attached hydrogens (primary N) is 1. The van der Waals surface area contributed by atoms with Gasteiger partial charge in [0.25, 0.3) is 0 Å². The Morgan fingerprint density at radius 1 is 1.05 bits per heavy atom. The molecule has 0 aliphatic rings. The summed E-state index contributed by atoms with van der Waals surface area (Å²) < 4.78 is 16.7. The van der Waals surface area contributed by atoms with Gasteiger partial charge in [0.1, 0.15) is 17.0 Å². The van der Waals surface area contributed by atoms with Crippen molar-refractivity contribution in [3.05, 3.63) is 48.4 Å². The molecule has 1 aromatic heterocycles. The highest BCUT2D eigenvalue weighted by molar-refractivity contribution is 5.74. The Labute approximate surface area is 128 Å². The zero-order valence-corrected chi connectivity index (χ0v) is 12.4. The molecule has 2 N–H and O–H groups in total. The summed E-state index contributed by atoms with van der Waals surface area (Å²) in [7, 11) is 0. The molecule has 0 aliphatic heterocycles. The van der Waals surface area contributed by atoms with Gasteiger partial charge in [-0.15, -0.1) is 0 Å². The monoisotopic (exact) mass is 298 g/mol. The van der Waals surface area contributed by atoms with Gasteiger partial charge in [0.15, 0.2) is 11.5 Å². The van der Waals surface area contributed by atoms with Gasteiger partial charge in [-0.2, -0.15) is 0 Å². The summed E-state index contributed by atoms with van der Waals surface area (Å²) in [4.78, 5) is 4.28. The largest absolute Gasteiger partial charge is 0.493 e. The van der Waals surface area contributed by atoms with Gasteiger partial charge in [-0.25, -0.2) is 4.98 Å². The van der Waals surface area contributed by atoms with Crippen LogP contribution in [0.25, 0.3) is 11.1 Å². The number of aryl methyl sites for hydroxylation is 1. The van der Waals surface area contributed by atoms with Gasteiger partial charge < -0.3 is 19.6 Å². The fraction of sp³-hybridized carbons (Fsp3) is 0.235. The molecule has 3 rings (SSSR count). The lowest BCUT2D eigenvalue weighted by atomic mass is 10.3. The number of anilines is 1. The zero-order chi connectivity index (χ0) is 15.4. The second kappa shape index (κ2) is 6.39. The Bertz CT molecular complexity index is 767. The predicted molar refractivity (Wildman–Crippen MR) is 85.2 cm³/mol. The second-order valence-corrected chi connectivity index (χ2v) is 4.99. The van der Waals surface area contributed by atoms with E-state index in [1.165, 1.54) is 0 Å². The number of fused-ring (bicyclic) bond motifs is 1. The highest BCUT2D eigenvalue weighted by Crippen LogP contribution is 2.21. The molecule has 114 valence electrons. The number of oxazole rings is 1. The SMILES string of the molecule is Cc1nc2cc(OCCCOc3cccc(N)c3)ccc2o1. The van der Waals surface area contributed by atoms with Crippen molar-refractivity contribution in [1.29, 1.82) is 0 Å². The highest BCUT2D eigenvalue weighted by atomic mass is 16.5. The van der Waals surface area contributed by atoms with Crippen LogP contribution in [0.5, 0.6) is 11.5 Å². The smallest absolute Gasteiger partial charge is 0.192 e. The molecule has 0 aliphatic carbocycles. The minimum Gasteiger partial charge on any atom is -0.493 e. The maximum absolute atomic E-state index is 5.70. The van der Waals surface area contributed by atoms with Crippen LogP contribution in [0.1, 0.15) is 12.3 Å². The van der Waals surface area contributed by atoms with Crippen LogP contribution in [0.4, 0.5) is 5.69 Å². The average molecular weight is 298 g/mol. The molecule has 0 amide bonds. The fourth-order valence-corrected chi connectivity index (χ4v) is 2.16. The molecule has 0 saturated heterocycles. The second-order valence-electron chi connectivity index (χ2n) is 4.99. The van der Waals surface area contributed by atoms with Gasteiger partial charge in [-0.3, -0.25) is 0 Å². The first-order valence-corrected chi connectivity index (χ1v) is 7.19. The van der Waals surface area contributed by atoms with Crippen molar-refractivity contribution < 1.29 is 13.9 Å². The first kappa shape index (κ1) is 14.3. The molecule has 0 fully saturated rings. The topological polar surface area (TPSA) is 70.5 Å². The fourth-order valence-electron chi connectivity index (χ4n) is 2.16. The Hall–Kier alpha value is -2.69. The minimum atomic E-state index is 0.574. The van der Waals surface area contributed by atoms with Crippen molar-refractivity contribution in [2.75, 3.05) is 18.9 Å². The van der Waals surface area contributed by atoms with Gasteiger partial charge >= 0.3 is 0 Å². The predicted octanol–water partition coefficient (Wildman–Crippen LogP) is 3.57. The number of nitrogens with zero attached hydrogens (tertiary/aromatic N) is 1. The van der Waals surface area contributed by atoms with Gasteiger partial charge in [0, 0.05) is 31.2 Å². The lowest BCUT2D eigenvalue weighted by Crippen LogP contribution is -2.05. The van der Waals surface area contributed by atoms with Gasteiger partial charge in [-0.05, 0) is 24.3 Å². The lowest BCUT2D eigenvalue weighted by molar-refractivity contribution is 0.247. The third kappa shape index (κ3) is 3.49. The van der Waals surface area contributed by atoms with E-state index in [1.54, 1.807) is 0 Å². The van der Waals surface area contributed by atoms with Crippen molar-refractivity contribution in [2.45, 2.75) is 13.3 Å². The van der Waals surface area contributed by atoms with E-state index in [4.69, 9.17) is 19.6 Å². The maximum atomic E-state index is 5.70. The first-order chi connectivity index (χ1) is 10.7. The molecular weight excluding hydrogens is 280 g/mol. The molecule has 2 aromatic carbocycles. The van der Waals surface area contributed by atoms with Crippen molar-refractivity contribution in [2.24, 2.45) is 0 Å². The van der Waals surface area contributed by atoms with E-state index in [2.05, 4.69) is 4.98 Å². The number of nitrogen functional groups attached to an aromatic ring is 1. The lowest BCUT2D eigenvalue weighted by Gasteiger charge is -2.08. The van der Waals surface area contributed by atoms with E-state index in [9.17, 15) is 0 Å². The number of aromatic nitrogens is 1. The van der Waals surface area contributed by atoms with Crippen molar-refractivity contribution in [3.63, 3.8) is 0 Å². The molecule has 3 aromatic rings. The van der Waals surface area contributed by atoms with Gasteiger partial charge in [0.05, 0.1) is 13.2 Å². The zero-order valence-electron chi connectivity index (χ0n) is 12.4. The van der Waals surface area contributed by atoms with Gasteiger partial charge in [0.2, 0.25) is 0 Å². The van der Waals surface area contributed by atoms with Crippen molar-refractivity contribution in [1.82, 2.24) is 4.98 Å². The molecule has 0 spiro atoms. The molecule has 0 bridgehead atoms. The minimum absolute atomic E-state index is 0.574. The quantitative estimate of drug-likeness (QED) is 0.556. The molecule has 0 radical (unpaired) electrons. The standard InChI is InChI=1S/C17H18N2O3/c1-12-19-16-11-15(6-7-17(16)22-12)21-9-3-8-20-14-5-2-4-13(18)10-14/h2,4-7,10-11H,3,8-9,18H2,1H3. The number of ether oxygens (including phenoxy) is 2. The summed E-state index contributed by atoms with van der Waals surface area (Å²) in [6.45, 7) is 2.98. The van der Waals surface area contributed by atoms with Crippen molar-refractivity contribution in [3.8, 4) is 11.5 Å². The van der Waals surface area contributed by atoms with Crippen LogP contribution in [-0.4, -0.2) is 18.2 Å². The van der Waals surface area contributed by atoms with Crippen LogP contribution in [-0.2, 0) is 0 Å². The molecule has 0 saturated carbocycles. The number of hydrogen-bond donors (Lipinski definition) is 1. The van der Waals surface area contributed by atoms with Crippen LogP contribution in [0.3, 0.4) is 0 Å². The molecule has 22 heavy (non-hydrogen) atoms. The van der Waals surface area contributed by atoms with E-state index in [-0.39, 0.29) is 0 Å². The number of rotatable bonds is 6. The summed E-state index contributed by atoms with van der Waals surface area (Å²) in [6, 6.07) is 13.0. The summed E-state index contributed by atoms with van der Waals surface area (Å²) in [5, 5.41) is 0. The Morgan fingerprint density at radius 3 is 2.59 bits per heavy atom. The summed E-state index contributed by atoms with van der Waals surface area (Å²) >= 11 is 0. The third-order valence-corrected chi connectivity index (χ3v) is 3.15. The summed E-state index contributed by atoms with van der Waals surface area (Å²) in [5.74, 6) is 2.21. The number of hydrogen-bond acceptors (Lipinski definition) is 5. The Kier molecular flexibility index (Phi) is 4.14. The Balaban J connectivity index is 1.46. The molecular formula is C17H18N2O3. The third-order valence-electron chi connectivity index (χ3n) is 3.15. The molecule has 5 nitrogen and oxygen atoms in total. The first-order valence-electron chi connectivity index (χ1n) is 7.19. The molecule has 0 unspecified atom stereocenters. The van der Waals surface area contributed by atoms with Crippen LogP contribution >= 0.6 is 0 Å². The highest BCUT2D eigenvalue weighted by Gasteiger charge is 2.03. The summed E-state index contributed by atoms with van der Waals surface area (Å²) in [6.07, 6.45) is 0.782. The van der Waals surface area contributed by atoms with Crippen LogP contribution in [0.15, 0.2) is 46.9 Å². The number of benzene rings is 2. The van der Waals surface area contributed by atoms with Crippen LogP contribution < -0.4 is 15.2 Å².